The Bertz CT molecular complexity index is 728. The fraction of sp³-hybridized carbons (Fsp3) is 0.263. The molecular weight excluding hydrogens is 304 g/mol. The van der Waals surface area contributed by atoms with Crippen molar-refractivity contribution in [3.63, 3.8) is 0 Å². The quantitative estimate of drug-likeness (QED) is 0.750. The lowest BCUT2D eigenvalue weighted by atomic mass is 10.1. The van der Waals surface area contributed by atoms with Crippen molar-refractivity contribution in [3.05, 3.63) is 54.1 Å². The molecule has 1 unspecified atom stereocenters. The second-order valence-electron chi connectivity index (χ2n) is 5.76. The van der Waals surface area contributed by atoms with Crippen LogP contribution in [0.15, 0.2) is 48.5 Å². The third kappa shape index (κ3) is 4.84. The van der Waals surface area contributed by atoms with Gasteiger partial charge in [-0.2, -0.15) is 0 Å². The molecule has 0 saturated heterocycles. The number of nitrogens with one attached hydrogen (secondary N) is 2. The number of phenols is 1. The van der Waals surface area contributed by atoms with Crippen molar-refractivity contribution in [2.45, 2.75) is 26.7 Å². The predicted octanol–water partition coefficient (Wildman–Crippen LogP) is 4.02. The van der Waals surface area contributed by atoms with E-state index in [2.05, 4.69) is 10.6 Å². The fourth-order valence-electron chi connectivity index (χ4n) is 2.35. The number of hydrogen-bond donors (Lipinski definition) is 3. The van der Waals surface area contributed by atoms with E-state index in [0.29, 0.717) is 16.9 Å². The highest BCUT2D eigenvalue weighted by atomic mass is 16.3. The van der Waals surface area contributed by atoms with Crippen LogP contribution in [-0.4, -0.2) is 16.9 Å². The molecule has 2 aromatic carbocycles. The van der Waals surface area contributed by atoms with Crippen molar-refractivity contribution < 1.29 is 14.7 Å². The van der Waals surface area contributed by atoms with Gasteiger partial charge in [-0.05, 0) is 36.8 Å². The third-order valence-corrected chi connectivity index (χ3v) is 3.67. The minimum Gasteiger partial charge on any atom is -0.508 e. The maximum atomic E-state index is 12.3. The molecule has 126 valence electrons. The van der Waals surface area contributed by atoms with Crippen molar-refractivity contribution in [1.82, 2.24) is 0 Å². The van der Waals surface area contributed by atoms with Crippen LogP contribution in [0.3, 0.4) is 0 Å². The minimum atomic E-state index is -0.307. The zero-order valence-electron chi connectivity index (χ0n) is 13.9. The van der Waals surface area contributed by atoms with Crippen molar-refractivity contribution in [2.75, 3.05) is 10.6 Å². The molecule has 0 aliphatic heterocycles. The van der Waals surface area contributed by atoms with Gasteiger partial charge in [0.15, 0.2) is 0 Å². The van der Waals surface area contributed by atoms with Gasteiger partial charge in [-0.25, -0.2) is 0 Å². The fourth-order valence-corrected chi connectivity index (χ4v) is 2.35. The molecule has 2 amide bonds. The van der Waals surface area contributed by atoms with Crippen LogP contribution in [0.2, 0.25) is 0 Å². The number of anilines is 2. The lowest BCUT2D eigenvalue weighted by molar-refractivity contribution is -0.119. The predicted molar refractivity (Wildman–Crippen MR) is 95.2 cm³/mol. The van der Waals surface area contributed by atoms with Gasteiger partial charge < -0.3 is 15.7 Å². The van der Waals surface area contributed by atoms with E-state index >= 15 is 0 Å². The molecule has 5 heteroatoms. The summed E-state index contributed by atoms with van der Waals surface area (Å²) in [7, 11) is 0. The monoisotopic (exact) mass is 326 g/mol. The Hall–Kier alpha value is -2.82. The van der Waals surface area contributed by atoms with E-state index < -0.39 is 0 Å². The maximum absolute atomic E-state index is 12.3. The molecule has 0 heterocycles. The lowest BCUT2D eigenvalue weighted by Gasteiger charge is -2.12. The summed E-state index contributed by atoms with van der Waals surface area (Å²) in [5.41, 5.74) is 1.52. The van der Waals surface area contributed by atoms with Crippen molar-refractivity contribution >= 4 is 23.2 Å². The van der Waals surface area contributed by atoms with Gasteiger partial charge >= 0.3 is 0 Å². The Morgan fingerprint density at radius 3 is 2.38 bits per heavy atom. The van der Waals surface area contributed by atoms with Gasteiger partial charge in [-0.3, -0.25) is 9.59 Å². The summed E-state index contributed by atoms with van der Waals surface area (Å²) in [5.74, 6) is -0.348. The van der Waals surface area contributed by atoms with Crippen LogP contribution >= 0.6 is 0 Å². The van der Waals surface area contributed by atoms with E-state index in [0.717, 1.165) is 12.8 Å². The Labute approximate surface area is 141 Å². The summed E-state index contributed by atoms with van der Waals surface area (Å²) in [4.78, 5) is 24.4. The molecule has 0 fully saturated rings. The summed E-state index contributed by atoms with van der Waals surface area (Å²) in [6.45, 7) is 3.92. The van der Waals surface area contributed by atoms with E-state index in [1.165, 1.54) is 12.1 Å². The van der Waals surface area contributed by atoms with Gasteiger partial charge in [0, 0.05) is 28.9 Å². The average molecular weight is 326 g/mol. The number of benzene rings is 2. The number of carbonyl (C=O) groups is 2. The van der Waals surface area contributed by atoms with E-state index in [4.69, 9.17) is 0 Å². The molecule has 2 rings (SSSR count). The van der Waals surface area contributed by atoms with Gasteiger partial charge in [-0.15, -0.1) is 0 Å². The molecule has 3 N–H and O–H groups in total. The van der Waals surface area contributed by atoms with Crippen molar-refractivity contribution in [2.24, 2.45) is 5.92 Å². The van der Waals surface area contributed by atoms with Crippen LogP contribution in [0.25, 0.3) is 0 Å². The van der Waals surface area contributed by atoms with E-state index in [1.807, 2.05) is 13.8 Å². The first-order valence-electron chi connectivity index (χ1n) is 8.01. The summed E-state index contributed by atoms with van der Waals surface area (Å²) < 4.78 is 0. The molecule has 0 aliphatic rings. The van der Waals surface area contributed by atoms with Gasteiger partial charge in [-0.1, -0.05) is 32.4 Å². The van der Waals surface area contributed by atoms with Gasteiger partial charge in [0.2, 0.25) is 5.91 Å². The van der Waals surface area contributed by atoms with Gasteiger partial charge in [0.25, 0.3) is 5.91 Å². The highest BCUT2D eigenvalue weighted by Gasteiger charge is 2.13. The normalized spacial score (nSPS) is 11.6. The molecule has 0 bridgehead atoms. The molecular formula is C19H22N2O3. The molecule has 1 atom stereocenters. The minimum absolute atomic E-state index is 0.0533. The van der Waals surface area contributed by atoms with Crippen molar-refractivity contribution in [1.29, 1.82) is 0 Å². The van der Waals surface area contributed by atoms with E-state index in [9.17, 15) is 14.7 Å². The topological polar surface area (TPSA) is 78.4 Å². The van der Waals surface area contributed by atoms with E-state index in [1.54, 1.807) is 36.4 Å². The highest BCUT2D eigenvalue weighted by molar-refractivity contribution is 6.05. The average Bonchev–Trinajstić information content (AvgIpc) is 2.55. The van der Waals surface area contributed by atoms with Crippen LogP contribution in [0, 0.1) is 5.92 Å². The van der Waals surface area contributed by atoms with E-state index in [-0.39, 0.29) is 23.5 Å². The Balaban J connectivity index is 2.06. The number of amides is 2. The van der Waals surface area contributed by atoms with Crippen LogP contribution in [0.5, 0.6) is 5.75 Å². The standard InChI is InChI=1S/C19H22N2O3/c1-3-6-13(2)18(23)20-15-8-4-7-14(11-15)19(24)21-16-9-5-10-17(22)12-16/h4-5,7-13,22H,3,6H2,1-2H3,(H,20,23)(H,21,24). The van der Waals surface area contributed by atoms with Gasteiger partial charge in [0.05, 0.1) is 0 Å². The largest absolute Gasteiger partial charge is 0.508 e. The number of rotatable bonds is 6. The first kappa shape index (κ1) is 17.5. The first-order valence-corrected chi connectivity index (χ1v) is 8.01. The molecule has 5 nitrogen and oxygen atoms in total. The zero-order valence-corrected chi connectivity index (χ0v) is 13.9. The Morgan fingerprint density at radius 1 is 1.04 bits per heavy atom. The Morgan fingerprint density at radius 2 is 1.71 bits per heavy atom. The molecule has 24 heavy (non-hydrogen) atoms. The highest BCUT2D eigenvalue weighted by Crippen LogP contribution is 2.18. The number of aromatic hydroxyl groups is 1. The smallest absolute Gasteiger partial charge is 0.255 e. The van der Waals surface area contributed by atoms with Crippen LogP contribution in [0.1, 0.15) is 37.0 Å². The number of carbonyl (C=O) groups excluding carboxylic acids is 2. The second-order valence-corrected chi connectivity index (χ2v) is 5.76. The number of hydrogen-bond acceptors (Lipinski definition) is 3. The number of phenolic OH excluding ortho intramolecular Hbond substituents is 1. The second kappa shape index (κ2) is 8.15. The molecule has 2 aromatic rings. The lowest BCUT2D eigenvalue weighted by Crippen LogP contribution is -2.20. The van der Waals surface area contributed by atoms with Crippen LogP contribution in [-0.2, 0) is 4.79 Å². The molecule has 0 saturated carbocycles. The first-order chi connectivity index (χ1) is 11.5. The molecule has 0 spiro atoms. The SMILES string of the molecule is CCCC(C)C(=O)Nc1cccc(C(=O)Nc2cccc(O)c2)c1. The Kier molecular flexibility index (Phi) is 5.95. The molecule has 0 radical (unpaired) electrons. The zero-order chi connectivity index (χ0) is 17.5. The third-order valence-electron chi connectivity index (χ3n) is 3.67. The van der Waals surface area contributed by atoms with Gasteiger partial charge in [0.1, 0.15) is 5.75 Å². The molecule has 0 aromatic heterocycles. The summed E-state index contributed by atoms with van der Waals surface area (Å²) >= 11 is 0. The summed E-state index contributed by atoms with van der Waals surface area (Å²) in [5, 5.41) is 15.0. The molecule has 0 aliphatic carbocycles. The maximum Gasteiger partial charge on any atom is 0.255 e. The van der Waals surface area contributed by atoms with Crippen molar-refractivity contribution in [3.8, 4) is 5.75 Å². The van der Waals surface area contributed by atoms with Crippen LogP contribution in [0.4, 0.5) is 11.4 Å². The summed E-state index contributed by atoms with van der Waals surface area (Å²) in [6.07, 6.45) is 1.77. The van der Waals surface area contributed by atoms with Crippen LogP contribution < -0.4 is 10.6 Å². The summed E-state index contributed by atoms with van der Waals surface area (Å²) in [6, 6.07) is 13.1.